The molecule has 1 heterocycles. The van der Waals surface area contributed by atoms with Gasteiger partial charge in [0.25, 0.3) is 0 Å². The van der Waals surface area contributed by atoms with Gasteiger partial charge in [-0.05, 0) is 32.2 Å². The van der Waals surface area contributed by atoms with E-state index in [-0.39, 0.29) is 12.1 Å². The zero-order valence-corrected chi connectivity index (χ0v) is 11.3. The Kier molecular flexibility index (Phi) is 4.80. The topological polar surface area (TPSA) is 23.6 Å². The summed E-state index contributed by atoms with van der Waals surface area (Å²) >= 11 is 1.69. The minimum Gasteiger partial charge on any atom is -0.328 e. The maximum atomic E-state index is 12.1. The second-order valence-corrected chi connectivity index (χ2v) is 5.13. The number of nitrogens with zero attached hydrogens (tertiary/aromatic N) is 2. The molecule has 0 aliphatic rings. The average molecular weight is 240 g/mol. The number of urea groups is 1. The molecule has 0 saturated carbocycles. The maximum absolute atomic E-state index is 12.1. The van der Waals surface area contributed by atoms with Crippen molar-refractivity contribution in [2.24, 2.45) is 0 Å². The van der Waals surface area contributed by atoms with Crippen molar-refractivity contribution in [1.82, 2.24) is 9.80 Å². The Morgan fingerprint density at radius 3 is 2.62 bits per heavy atom. The smallest absolute Gasteiger partial charge is 0.320 e. The molecule has 16 heavy (non-hydrogen) atoms. The number of rotatable bonds is 4. The van der Waals surface area contributed by atoms with Crippen LogP contribution in [0.25, 0.3) is 0 Å². The van der Waals surface area contributed by atoms with Crippen molar-refractivity contribution in [3.8, 4) is 0 Å². The SMILES string of the molecule is CCN(C)C(=O)N(Cc1cccs1)C(C)C. The molecule has 0 atom stereocenters. The molecule has 0 unspecified atom stereocenters. The van der Waals surface area contributed by atoms with Crippen LogP contribution < -0.4 is 0 Å². The van der Waals surface area contributed by atoms with Gasteiger partial charge in [0.2, 0.25) is 0 Å². The van der Waals surface area contributed by atoms with E-state index in [1.807, 2.05) is 30.3 Å². The zero-order valence-electron chi connectivity index (χ0n) is 10.4. The highest BCUT2D eigenvalue weighted by Crippen LogP contribution is 2.15. The molecule has 1 rings (SSSR count). The lowest BCUT2D eigenvalue weighted by atomic mass is 10.3. The Morgan fingerprint density at radius 2 is 2.19 bits per heavy atom. The summed E-state index contributed by atoms with van der Waals surface area (Å²) in [6.07, 6.45) is 0. The molecule has 4 heteroatoms. The van der Waals surface area contributed by atoms with Gasteiger partial charge in [-0.15, -0.1) is 11.3 Å². The van der Waals surface area contributed by atoms with Crippen LogP contribution >= 0.6 is 11.3 Å². The quantitative estimate of drug-likeness (QED) is 0.793. The number of hydrogen-bond acceptors (Lipinski definition) is 2. The molecular formula is C12H20N2OS. The molecule has 0 N–H and O–H groups in total. The number of amides is 2. The fourth-order valence-corrected chi connectivity index (χ4v) is 2.10. The van der Waals surface area contributed by atoms with Crippen LogP contribution in [0.1, 0.15) is 25.6 Å². The van der Waals surface area contributed by atoms with Crippen molar-refractivity contribution >= 4 is 17.4 Å². The van der Waals surface area contributed by atoms with E-state index in [1.54, 1.807) is 16.2 Å². The summed E-state index contributed by atoms with van der Waals surface area (Å²) in [5.41, 5.74) is 0. The molecule has 1 aromatic rings. The normalized spacial score (nSPS) is 10.6. The van der Waals surface area contributed by atoms with E-state index < -0.39 is 0 Å². The van der Waals surface area contributed by atoms with Gasteiger partial charge in [-0.25, -0.2) is 4.79 Å². The first-order valence-corrected chi connectivity index (χ1v) is 6.48. The number of carbonyl (C=O) groups excluding carboxylic acids is 1. The third kappa shape index (κ3) is 3.23. The van der Waals surface area contributed by atoms with Crippen molar-refractivity contribution < 1.29 is 4.79 Å². The Labute approximate surface area is 102 Å². The van der Waals surface area contributed by atoms with Crippen LogP contribution in [0.5, 0.6) is 0 Å². The molecule has 3 nitrogen and oxygen atoms in total. The van der Waals surface area contributed by atoms with E-state index in [4.69, 9.17) is 0 Å². The van der Waals surface area contributed by atoms with Gasteiger partial charge in [0.15, 0.2) is 0 Å². The molecule has 0 fully saturated rings. The van der Waals surface area contributed by atoms with Gasteiger partial charge >= 0.3 is 6.03 Å². The Bertz CT molecular complexity index is 322. The highest BCUT2D eigenvalue weighted by Gasteiger charge is 2.20. The minimum absolute atomic E-state index is 0.103. The lowest BCUT2D eigenvalue weighted by Gasteiger charge is -2.30. The van der Waals surface area contributed by atoms with Crippen molar-refractivity contribution in [1.29, 1.82) is 0 Å². The van der Waals surface area contributed by atoms with Gasteiger partial charge < -0.3 is 9.80 Å². The molecule has 0 saturated heterocycles. The second kappa shape index (κ2) is 5.89. The highest BCUT2D eigenvalue weighted by atomic mass is 32.1. The van der Waals surface area contributed by atoms with Gasteiger partial charge in [0.05, 0.1) is 6.54 Å². The van der Waals surface area contributed by atoms with Crippen LogP contribution in [-0.4, -0.2) is 35.5 Å². The molecule has 0 spiro atoms. The number of carbonyl (C=O) groups is 1. The lowest BCUT2D eigenvalue weighted by molar-refractivity contribution is 0.148. The van der Waals surface area contributed by atoms with Gasteiger partial charge in [-0.2, -0.15) is 0 Å². The Balaban J connectivity index is 2.71. The van der Waals surface area contributed by atoms with Crippen LogP contribution in [0.4, 0.5) is 4.79 Å². The fraction of sp³-hybridized carbons (Fsp3) is 0.583. The predicted octanol–water partition coefficient (Wildman–Crippen LogP) is 3.03. The van der Waals surface area contributed by atoms with Crippen molar-refractivity contribution in [3.63, 3.8) is 0 Å². The fourth-order valence-electron chi connectivity index (χ4n) is 1.40. The molecule has 1 aromatic heterocycles. The summed E-state index contributed by atoms with van der Waals surface area (Å²) in [6, 6.07) is 4.42. The minimum atomic E-state index is 0.103. The summed E-state index contributed by atoms with van der Waals surface area (Å²) in [5, 5.41) is 2.04. The maximum Gasteiger partial charge on any atom is 0.320 e. The molecular weight excluding hydrogens is 220 g/mol. The van der Waals surface area contributed by atoms with E-state index in [0.29, 0.717) is 6.54 Å². The van der Waals surface area contributed by atoms with E-state index in [1.165, 1.54) is 4.88 Å². The molecule has 2 amide bonds. The summed E-state index contributed by atoms with van der Waals surface area (Å²) in [6.45, 7) is 7.54. The van der Waals surface area contributed by atoms with E-state index >= 15 is 0 Å². The largest absolute Gasteiger partial charge is 0.328 e. The number of thiophene rings is 1. The first kappa shape index (κ1) is 13.0. The van der Waals surface area contributed by atoms with Crippen molar-refractivity contribution in [3.05, 3.63) is 22.4 Å². The van der Waals surface area contributed by atoms with Gasteiger partial charge in [0, 0.05) is 24.5 Å². The molecule has 0 aromatic carbocycles. The summed E-state index contributed by atoms with van der Waals surface area (Å²) in [4.78, 5) is 17.0. The van der Waals surface area contributed by atoms with Gasteiger partial charge in [0.1, 0.15) is 0 Å². The van der Waals surface area contributed by atoms with Crippen LogP contribution in [-0.2, 0) is 6.54 Å². The zero-order chi connectivity index (χ0) is 12.1. The van der Waals surface area contributed by atoms with Crippen molar-refractivity contribution in [2.45, 2.75) is 33.4 Å². The molecule has 0 radical (unpaired) electrons. The molecule has 90 valence electrons. The Hall–Kier alpha value is -1.03. The van der Waals surface area contributed by atoms with E-state index in [2.05, 4.69) is 19.9 Å². The Morgan fingerprint density at radius 1 is 1.50 bits per heavy atom. The van der Waals surface area contributed by atoms with Gasteiger partial charge in [-0.3, -0.25) is 0 Å². The van der Waals surface area contributed by atoms with Gasteiger partial charge in [-0.1, -0.05) is 6.07 Å². The highest BCUT2D eigenvalue weighted by molar-refractivity contribution is 7.09. The first-order chi connectivity index (χ1) is 7.56. The van der Waals surface area contributed by atoms with E-state index in [0.717, 1.165) is 6.54 Å². The monoisotopic (exact) mass is 240 g/mol. The number of hydrogen-bond donors (Lipinski definition) is 0. The lowest BCUT2D eigenvalue weighted by Crippen LogP contribution is -2.44. The summed E-state index contributed by atoms with van der Waals surface area (Å²) in [7, 11) is 1.84. The molecule has 0 aliphatic heterocycles. The predicted molar refractivity (Wildman–Crippen MR) is 68.7 cm³/mol. The average Bonchev–Trinajstić information content (AvgIpc) is 2.76. The summed E-state index contributed by atoms with van der Waals surface area (Å²) < 4.78 is 0. The van der Waals surface area contributed by atoms with Crippen LogP contribution in [0, 0.1) is 0 Å². The van der Waals surface area contributed by atoms with Crippen LogP contribution in [0.3, 0.4) is 0 Å². The second-order valence-electron chi connectivity index (χ2n) is 4.10. The molecule has 0 bridgehead atoms. The van der Waals surface area contributed by atoms with E-state index in [9.17, 15) is 4.79 Å². The van der Waals surface area contributed by atoms with Crippen molar-refractivity contribution in [2.75, 3.05) is 13.6 Å². The molecule has 0 aliphatic carbocycles. The van der Waals surface area contributed by atoms with Crippen LogP contribution in [0.2, 0.25) is 0 Å². The summed E-state index contributed by atoms with van der Waals surface area (Å²) in [5.74, 6) is 0. The van der Waals surface area contributed by atoms with Crippen LogP contribution in [0.15, 0.2) is 17.5 Å². The third-order valence-corrected chi connectivity index (χ3v) is 3.44. The first-order valence-electron chi connectivity index (χ1n) is 5.60. The third-order valence-electron chi connectivity index (χ3n) is 2.58. The standard InChI is InChI=1S/C12H20N2OS/c1-5-13(4)12(15)14(10(2)3)9-11-7-6-8-16-11/h6-8,10H,5,9H2,1-4H3.